The fraction of sp³-hybridized carbons (Fsp3) is 0.900. The van der Waals surface area contributed by atoms with Crippen molar-refractivity contribution >= 4 is 5.91 Å². The first-order chi connectivity index (χ1) is 6.08. The zero-order valence-corrected chi connectivity index (χ0v) is 9.21. The molecule has 0 aliphatic rings. The van der Waals surface area contributed by atoms with Crippen LogP contribution in [0.3, 0.4) is 0 Å². The van der Waals surface area contributed by atoms with Crippen LogP contribution in [-0.4, -0.2) is 30.4 Å². The monoisotopic (exact) mass is 186 g/mol. The van der Waals surface area contributed by atoms with Crippen LogP contribution in [-0.2, 0) is 4.79 Å². The number of hydrogen-bond acceptors (Lipinski definition) is 2. The standard InChI is InChI=1S/C10H22N2O/c1-5-9(6-2)12(4)10(13)8(3)7-11/h8-9H,5-7,11H2,1-4H3. The van der Waals surface area contributed by atoms with Crippen LogP contribution in [0.5, 0.6) is 0 Å². The fourth-order valence-electron chi connectivity index (χ4n) is 1.46. The summed E-state index contributed by atoms with van der Waals surface area (Å²) in [4.78, 5) is 13.5. The van der Waals surface area contributed by atoms with Crippen molar-refractivity contribution < 1.29 is 4.79 Å². The van der Waals surface area contributed by atoms with Crippen molar-refractivity contribution in [3.05, 3.63) is 0 Å². The van der Waals surface area contributed by atoms with Gasteiger partial charge >= 0.3 is 0 Å². The molecule has 1 atom stereocenters. The minimum absolute atomic E-state index is 0.0504. The van der Waals surface area contributed by atoms with Gasteiger partial charge in [-0.05, 0) is 12.8 Å². The van der Waals surface area contributed by atoms with Crippen molar-refractivity contribution in [3.8, 4) is 0 Å². The molecule has 78 valence electrons. The number of rotatable bonds is 5. The maximum atomic E-state index is 11.7. The summed E-state index contributed by atoms with van der Waals surface area (Å²) in [7, 11) is 1.87. The molecule has 0 fully saturated rings. The number of amides is 1. The third-order valence-corrected chi connectivity index (χ3v) is 2.61. The highest BCUT2D eigenvalue weighted by Crippen LogP contribution is 2.09. The molecule has 0 aliphatic heterocycles. The van der Waals surface area contributed by atoms with Crippen molar-refractivity contribution in [2.45, 2.75) is 39.7 Å². The van der Waals surface area contributed by atoms with E-state index in [4.69, 9.17) is 5.73 Å². The Morgan fingerprint density at radius 1 is 1.38 bits per heavy atom. The normalized spacial score (nSPS) is 13.1. The summed E-state index contributed by atoms with van der Waals surface area (Å²) in [5, 5.41) is 0. The summed E-state index contributed by atoms with van der Waals surface area (Å²) < 4.78 is 0. The van der Waals surface area contributed by atoms with Crippen molar-refractivity contribution in [3.63, 3.8) is 0 Å². The molecule has 0 saturated carbocycles. The van der Waals surface area contributed by atoms with Crippen LogP contribution < -0.4 is 5.73 Å². The van der Waals surface area contributed by atoms with Crippen molar-refractivity contribution in [2.75, 3.05) is 13.6 Å². The molecule has 0 spiro atoms. The molecule has 3 nitrogen and oxygen atoms in total. The van der Waals surface area contributed by atoms with E-state index in [1.165, 1.54) is 0 Å². The van der Waals surface area contributed by atoms with Gasteiger partial charge in [0.15, 0.2) is 0 Å². The van der Waals surface area contributed by atoms with E-state index < -0.39 is 0 Å². The van der Waals surface area contributed by atoms with Gasteiger partial charge in [-0.2, -0.15) is 0 Å². The lowest BCUT2D eigenvalue weighted by atomic mass is 10.1. The molecule has 0 heterocycles. The van der Waals surface area contributed by atoms with Gasteiger partial charge in [0.25, 0.3) is 0 Å². The quantitative estimate of drug-likeness (QED) is 0.702. The van der Waals surface area contributed by atoms with Gasteiger partial charge in [-0.1, -0.05) is 20.8 Å². The highest BCUT2D eigenvalue weighted by molar-refractivity contribution is 5.78. The zero-order valence-electron chi connectivity index (χ0n) is 9.21. The lowest BCUT2D eigenvalue weighted by molar-refractivity contribution is -0.135. The molecule has 3 heteroatoms. The average molecular weight is 186 g/mol. The smallest absolute Gasteiger partial charge is 0.226 e. The van der Waals surface area contributed by atoms with E-state index in [0.29, 0.717) is 12.6 Å². The third-order valence-electron chi connectivity index (χ3n) is 2.61. The van der Waals surface area contributed by atoms with E-state index in [1.807, 2.05) is 18.9 Å². The maximum Gasteiger partial charge on any atom is 0.226 e. The average Bonchev–Trinajstić information content (AvgIpc) is 2.17. The van der Waals surface area contributed by atoms with Crippen LogP contribution >= 0.6 is 0 Å². The lowest BCUT2D eigenvalue weighted by Gasteiger charge is -2.28. The summed E-state index contributed by atoms with van der Waals surface area (Å²) in [5.74, 6) is 0.113. The lowest BCUT2D eigenvalue weighted by Crippen LogP contribution is -2.41. The largest absolute Gasteiger partial charge is 0.343 e. The predicted octanol–water partition coefficient (Wildman–Crippen LogP) is 1.23. The van der Waals surface area contributed by atoms with Gasteiger partial charge < -0.3 is 10.6 Å². The summed E-state index contributed by atoms with van der Waals surface area (Å²) in [5.41, 5.74) is 5.45. The Balaban J connectivity index is 4.22. The van der Waals surface area contributed by atoms with Crippen molar-refractivity contribution in [1.82, 2.24) is 4.90 Å². The second kappa shape index (κ2) is 5.97. The fourth-order valence-corrected chi connectivity index (χ4v) is 1.46. The summed E-state index contributed by atoms with van der Waals surface area (Å²) >= 11 is 0. The first-order valence-electron chi connectivity index (χ1n) is 5.05. The number of hydrogen-bond donors (Lipinski definition) is 1. The molecule has 0 saturated heterocycles. The van der Waals surface area contributed by atoms with Crippen LogP contribution in [0.15, 0.2) is 0 Å². The van der Waals surface area contributed by atoms with Gasteiger partial charge in [-0.25, -0.2) is 0 Å². The third kappa shape index (κ3) is 3.35. The zero-order chi connectivity index (χ0) is 10.4. The van der Waals surface area contributed by atoms with Gasteiger partial charge in [0, 0.05) is 25.6 Å². The molecule has 0 bridgehead atoms. The van der Waals surface area contributed by atoms with E-state index in [9.17, 15) is 4.79 Å². The Morgan fingerprint density at radius 2 is 1.85 bits per heavy atom. The van der Waals surface area contributed by atoms with Gasteiger partial charge in [0.05, 0.1) is 0 Å². The minimum Gasteiger partial charge on any atom is -0.343 e. The molecule has 0 radical (unpaired) electrons. The Bertz CT molecular complexity index is 155. The molecule has 0 rings (SSSR count). The Labute approximate surface area is 81.3 Å². The summed E-state index contributed by atoms with van der Waals surface area (Å²) in [6, 6.07) is 0.362. The summed E-state index contributed by atoms with van der Waals surface area (Å²) in [6.07, 6.45) is 2.02. The van der Waals surface area contributed by atoms with E-state index in [1.54, 1.807) is 0 Å². The molecule has 13 heavy (non-hydrogen) atoms. The van der Waals surface area contributed by atoms with E-state index >= 15 is 0 Å². The van der Waals surface area contributed by atoms with Gasteiger partial charge in [-0.3, -0.25) is 4.79 Å². The second-order valence-corrected chi connectivity index (χ2v) is 3.56. The number of carbonyl (C=O) groups excluding carboxylic acids is 1. The number of nitrogens with two attached hydrogens (primary N) is 1. The van der Waals surface area contributed by atoms with Gasteiger partial charge in [-0.15, -0.1) is 0 Å². The highest BCUT2D eigenvalue weighted by atomic mass is 16.2. The highest BCUT2D eigenvalue weighted by Gasteiger charge is 2.20. The van der Waals surface area contributed by atoms with E-state index in [2.05, 4.69) is 13.8 Å². The van der Waals surface area contributed by atoms with Crippen LogP contribution in [0.2, 0.25) is 0 Å². The van der Waals surface area contributed by atoms with Crippen LogP contribution in [0, 0.1) is 5.92 Å². The van der Waals surface area contributed by atoms with Crippen LogP contribution in [0.25, 0.3) is 0 Å². The minimum atomic E-state index is -0.0504. The first-order valence-corrected chi connectivity index (χ1v) is 5.05. The molecule has 2 N–H and O–H groups in total. The van der Waals surface area contributed by atoms with Crippen molar-refractivity contribution in [2.24, 2.45) is 11.7 Å². The van der Waals surface area contributed by atoms with Crippen LogP contribution in [0.4, 0.5) is 0 Å². The molecule has 1 amide bonds. The van der Waals surface area contributed by atoms with Gasteiger partial charge in [0.2, 0.25) is 5.91 Å². The summed E-state index contributed by atoms with van der Waals surface area (Å²) in [6.45, 7) is 6.51. The molecule has 0 aromatic carbocycles. The molecular formula is C10H22N2O. The van der Waals surface area contributed by atoms with E-state index in [-0.39, 0.29) is 11.8 Å². The number of carbonyl (C=O) groups is 1. The molecule has 0 aliphatic carbocycles. The SMILES string of the molecule is CCC(CC)N(C)C(=O)C(C)CN. The second-order valence-electron chi connectivity index (χ2n) is 3.56. The number of nitrogens with zero attached hydrogens (tertiary/aromatic N) is 1. The topological polar surface area (TPSA) is 46.3 Å². The molecular weight excluding hydrogens is 164 g/mol. The Hall–Kier alpha value is -0.570. The predicted molar refractivity (Wildman–Crippen MR) is 55.4 cm³/mol. The first kappa shape index (κ1) is 12.4. The maximum absolute atomic E-state index is 11.7. The van der Waals surface area contributed by atoms with Crippen LogP contribution in [0.1, 0.15) is 33.6 Å². The molecule has 1 unspecified atom stereocenters. The van der Waals surface area contributed by atoms with Crippen molar-refractivity contribution in [1.29, 1.82) is 0 Å². The Morgan fingerprint density at radius 3 is 2.15 bits per heavy atom. The van der Waals surface area contributed by atoms with Gasteiger partial charge in [0.1, 0.15) is 0 Å². The molecule has 0 aromatic rings. The van der Waals surface area contributed by atoms with E-state index in [0.717, 1.165) is 12.8 Å². The Kier molecular flexibility index (Phi) is 5.71. The molecule has 0 aromatic heterocycles.